The summed E-state index contributed by atoms with van der Waals surface area (Å²) in [6.07, 6.45) is 45.7. The molecule has 0 rings (SSSR count). The van der Waals surface area contributed by atoms with E-state index in [0.29, 0.717) is 12.8 Å². The third-order valence-corrected chi connectivity index (χ3v) is 8.24. The number of amides is 2. The van der Waals surface area contributed by atoms with Crippen molar-refractivity contribution in [2.45, 2.75) is 181 Å². The number of hydrogen-bond donors (Lipinski definition) is 3. The summed E-state index contributed by atoms with van der Waals surface area (Å²) in [5.41, 5.74) is 0. The first-order valence-electron chi connectivity index (χ1n) is 20.3. The first kappa shape index (κ1) is 48.9. The highest BCUT2D eigenvalue weighted by molar-refractivity contribution is 5.79. The molecular weight excluding hydrogens is 604 g/mol. The molecule has 0 saturated carbocycles. The molecule has 0 fully saturated rings. The second-order valence-electron chi connectivity index (χ2n) is 13.7. The van der Waals surface area contributed by atoms with E-state index in [9.17, 15) is 9.59 Å². The summed E-state index contributed by atoms with van der Waals surface area (Å²) in [5.74, 6) is 0.0959. The second kappa shape index (κ2) is 42.0. The van der Waals surface area contributed by atoms with Crippen molar-refractivity contribution < 1.29 is 9.59 Å². The van der Waals surface area contributed by atoms with Gasteiger partial charge in [-0.25, -0.2) is 0 Å². The maximum absolute atomic E-state index is 12.6. The van der Waals surface area contributed by atoms with Gasteiger partial charge in [-0.2, -0.15) is 0 Å². The minimum atomic E-state index is -0.293. The predicted molar refractivity (Wildman–Crippen MR) is 217 cm³/mol. The highest BCUT2D eigenvalue weighted by Gasteiger charge is 2.15. The van der Waals surface area contributed by atoms with E-state index in [2.05, 4.69) is 83.3 Å². The van der Waals surface area contributed by atoms with Crippen molar-refractivity contribution in [1.82, 2.24) is 20.9 Å². The average molecular weight is 687 g/mol. The molecule has 0 aliphatic carbocycles. The lowest BCUT2D eigenvalue weighted by Crippen LogP contribution is -2.49. The second-order valence-corrected chi connectivity index (χ2v) is 13.7. The largest absolute Gasteiger partial charge is 0.336 e. The molecule has 2 amide bonds. The first-order chi connectivity index (χ1) is 23.9. The lowest BCUT2D eigenvalue weighted by atomic mass is 10.1. The molecule has 6 heteroatoms. The topological polar surface area (TPSA) is 73.5 Å². The van der Waals surface area contributed by atoms with Crippen LogP contribution in [0.2, 0.25) is 0 Å². The van der Waals surface area contributed by atoms with Gasteiger partial charge in [0.25, 0.3) is 0 Å². The average Bonchev–Trinajstić information content (AvgIpc) is 3.07. The van der Waals surface area contributed by atoms with Crippen molar-refractivity contribution in [2.24, 2.45) is 0 Å². The molecule has 0 spiro atoms. The van der Waals surface area contributed by atoms with Gasteiger partial charge in [-0.15, -0.1) is 0 Å². The van der Waals surface area contributed by atoms with E-state index in [1.807, 2.05) is 28.2 Å². The van der Waals surface area contributed by atoms with Gasteiger partial charge in [0.2, 0.25) is 11.8 Å². The molecule has 0 saturated heterocycles. The zero-order valence-corrected chi connectivity index (χ0v) is 33.3. The zero-order valence-electron chi connectivity index (χ0n) is 33.3. The van der Waals surface area contributed by atoms with Crippen LogP contribution in [0.3, 0.4) is 0 Å². The maximum Gasteiger partial charge on any atom is 0.221 e. The monoisotopic (exact) mass is 687 g/mol. The van der Waals surface area contributed by atoms with Crippen LogP contribution < -0.4 is 16.0 Å². The van der Waals surface area contributed by atoms with Crippen molar-refractivity contribution in [3.05, 3.63) is 48.6 Å². The molecule has 0 atom stereocenters. The summed E-state index contributed by atoms with van der Waals surface area (Å²) in [4.78, 5) is 27.3. The molecule has 0 heterocycles. The first-order valence-corrected chi connectivity index (χ1v) is 20.3. The maximum atomic E-state index is 12.6. The van der Waals surface area contributed by atoms with Crippen LogP contribution in [0, 0.1) is 0 Å². The quantitative estimate of drug-likeness (QED) is 0.0365. The summed E-state index contributed by atoms with van der Waals surface area (Å²) in [7, 11) is 7.79. The molecule has 286 valence electrons. The van der Waals surface area contributed by atoms with E-state index in [-0.39, 0.29) is 18.0 Å². The van der Waals surface area contributed by atoms with E-state index < -0.39 is 0 Å². The number of hydrogen-bond acceptors (Lipinski definition) is 4. The Balaban J connectivity index is 0. The van der Waals surface area contributed by atoms with Crippen molar-refractivity contribution in [3.63, 3.8) is 0 Å². The molecule has 6 nitrogen and oxygen atoms in total. The van der Waals surface area contributed by atoms with Crippen molar-refractivity contribution >= 4 is 11.8 Å². The Kier molecular flexibility index (Phi) is 41.9. The van der Waals surface area contributed by atoms with Crippen LogP contribution >= 0.6 is 0 Å². The summed E-state index contributed by atoms with van der Waals surface area (Å²) < 4.78 is 0. The summed E-state index contributed by atoms with van der Waals surface area (Å²) in [6, 6.07) is 0. The van der Waals surface area contributed by atoms with Crippen LogP contribution in [0.25, 0.3) is 0 Å². The number of rotatable bonds is 33. The van der Waals surface area contributed by atoms with E-state index in [1.165, 1.54) is 89.9 Å². The smallest absolute Gasteiger partial charge is 0.221 e. The SMILES string of the molecule is CCCCC/C=C\C/C=C\CCCCCCCC(=O)NC(CCN(C)C)NC(=O)CCCCCCC/C=C\C/C=C\CCCCC.CNC. The standard InChI is InChI=1S/C41H75N3O2.C2H7N/c1-5-7-9-11-13-15-17-19-21-23-25-27-29-31-33-35-40(45)42-39(37-38-44(3)4)43-41(46)36-34-32-30-28-26-24-22-20-18-16-14-12-10-8-6-2;1-3-2/h13-16,19-22,39H,5-12,17-18,23-38H2,1-4H3,(H,42,45)(H,43,46);3H,1-2H3/b15-13-,16-14-,21-19-,22-20-;. The van der Waals surface area contributed by atoms with Gasteiger partial charge in [-0.3, -0.25) is 9.59 Å². The molecule has 0 unspecified atom stereocenters. The lowest BCUT2D eigenvalue weighted by molar-refractivity contribution is -0.124. The minimum Gasteiger partial charge on any atom is -0.336 e. The molecule has 0 bridgehead atoms. The van der Waals surface area contributed by atoms with Crippen LogP contribution in [0.4, 0.5) is 0 Å². The van der Waals surface area contributed by atoms with Crippen LogP contribution in [0.1, 0.15) is 174 Å². The highest BCUT2D eigenvalue weighted by Crippen LogP contribution is 2.10. The molecule has 0 aliphatic heterocycles. The molecular formula is C43H82N4O2. The molecule has 0 radical (unpaired) electrons. The third-order valence-electron chi connectivity index (χ3n) is 8.24. The Bertz CT molecular complexity index is 759. The summed E-state index contributed by atoms with van der Waals surface area (Å²) in [6.45, 7) is 5.31. The van der Waals surface area contributed by atoms with Gasteiger partial charge in [-0.1, -0.05) is 127 Å². The summed E-state index contributed by atoms with van der Waals surface area (Å²) >= 11 is 0. The fourth-order valence-electron chi connectivity index (χ4n) is 5.29. The highest BCUT2D eigenvalue weighted by atomic mass is 16.2. The van der Waals surface area contributed by atoms with Crippen molar-refractivity contribution in [3.8, 4) is 0 Å². The zero-order chi connectivity index (χ0) is 36.5. The van der Waals surface area contributed by atoms with E-state index >= 15 is 0 Å². The fraction of sp³-hybridized carbons (Fsp3) is 0.767. The number of nitrogens with zero attached hydrogens (tertiary/aromatic N) is 1. The molecule has 0 aromatic rings. The van der Waals surface area contributed by atoms with Crippen molar-refractivity contribution in [1.29, 1.82) is 0 Å². The third kappa shape index (κ3) is 43.8. The fourth-order valence-corrected chi connectivity index (χ4v) is 5.29. The Morgan fingerprint density at radius 2 is 0.837 bits per heavy atom. The number of nitrogens with one attached hydrogen (secondary N) is 3. The normalized spacial score (nSPS) is 11.8. The van der Waals surface area contributed by atoms with E-state index in [0.717, 1.165) is 64.3 Å². The van der Waals surface area contributed by atoms with Gasteiger partial charge in [0.1, 0.15) is 6.17 Å². The predicted octanol–water partition coefficient (Wildman–Crippen LogP) is 11.0. The minimum absolute atomic E-state index is 0.0479. The van der Waals surface area contributed by atoms with Crippen LogP contribution in [-0.4, -0.2) is 57.6 Å². The van der Waals surface area contributed by atoms with Crippen LogP contribution in [-0.2, 0) is 9.59 Å². The Morgan fingerprint density at radius 3 is 1.18 bits per heavy atom. The molecule has 0 aromatic heterocycles. The van der Waals surface area contributed by atoms with Gasteiger partial charge < -0.3 is 20.9 Å². The number of carbonyl (C=O) groups excluding carboxylic acids is 2. The van der Waals surface area contributed by atoms with Gasteiger partial charge in [-0.05, 0) is 112 Å². The van der Waals surface area contributed by atoms with Crippen LogP contribution in [0.15, 0.2) is 48.6 Å². The Labute approximate surface area is 305 Å². The van der Waals surface area contributed by atoms with E-state index in [1.54, 1.807) is 0 Å². The number of unbranched alkanes of at least 4 members (excludes halogenated alkanes) is 16. The van der Waals surface area contributed by atoms with Crippen LogP contribution in [0.5, 0.6) is 0 Å². The number of carbonyl (C=O) groups is 2. The summed E-state index contributed by atoms with van der Waals surface area (Å²) in [5, 5.41) is 8.92. The molecule has 0 aromatic carbocycles. The van der Waals surface area contributed by atoms with E-state index in [4.69, 9.17) is 0 Å². The number of allylic oxidation sites excluding steroid dienone is 8. The Hall–Kier alpha value is -2.18. The van der Waals surface area contributed by atoms with Gasteiger partial charge in [0, 0.05) is 19.4 Å². The van der Waals surface area contributed by atoms with Gasteiger partial charge >= 0.3 is 0 Å². The molecule has 0 aliphatic rings. The molecule has 3 N–H and O–H groups in total. The van der Waals surface area contributed by atoms with Gasteiger partial charge in [0.05, 0.1) is 0 Å². The molecule has 49 heavy (non-hydrogen) atoms. The van der Waals surface area contributed by atoms with Gasteiger partial charge in [0.15, 0.2) is 0 Å². The lowest BCUT2D eigenvalue weighted by Gasteiger charge is -2.22. The Morgan fingerprint density at radius 1 is 0.510 bits per heavy atom. The van der Waals surface area contributed by atoms with Crippen molar-refractivity contribution in [2.75, 3.05) is 34.7 Å².